The van der Waals surface area contributed by atoms with Gasteiger partial charge in [0.2, 0.25) is 0 Å². The molecule has 4 nitrogen and oxygen atoms in total. The summed E-state index contributed by atoms with van der Waals surface area (Å²) in [7, 11) is 3.59. The monoisotopic (exact) mass is 229 g/mol. The van der Waals surface area contributed by atoms with Crippen LogP contribution in [0.15, 0.2) is 42.6 Å². The Morgan fingerprint density at radius 2 is 2.06 bits per heavy atom. The molecule has 0 radical (unpaired) electrons. The second-order valence-corrected chi connectivity index (χ2v) is 3.71. The zero-order chi connectivity index (χ0) is 12.3. The summed E-state index contributed by atoms with van der Waals surface area (Å²) in [6.07, 6.45) is 1.70. The van der Waals surface area contributed by atoms with E-state index in [9.17, 15) is 0 Å². The summed E-state index contributed by atoms with van der Waals surface area (Å²) in [5.74, 6) is 1.62. The Hall–Kier alpha value is -2.23. The van der Waals surface area contributed by atoms with E-state index in [4.69, 9.17) is 10.5 Å². The zero-order valence-electron chi connectivity index (χ0n) is 9.92. The van der Waals surface area contributed by atoms with E-state index in [2.05, 4.69) is 4.98 Å². The molecule has 0 aliphatic carbocycles. The summed E-state index contributed by atoms with van der Waals surface area (Å²) in [5.41, 5.74) is 7.44. The third-order valence-corrected chi connectivity index (χ3v) is 2.55. The van der Waals surface area contributed by atoms with Crippen molar-refractivity contribution in [1.29, 1.82) is 0 Å². The fraction of sp³-hybridized carbons (Fsp3) is 0.154. The molecule has 1 aromatic heterocycles. The normalized spacial score (nSPS) is 10.0. The van der Waals surface area contributed by atoms with Crippen LogP contribution in [0.1, 0.15) is 0 Å². The van der Waals surface area contributed by atoms with Gasteiger partial charge >= 0.3 is 0 Å². The van der Waals surface area contributed by atoms with Crippen LogP contribution in [0.3, 0.4) is 0 Å². The maximum atomic E-state index is 5.74. The van der Waals surface area contributed by atoms with Gasteiger partial charge in [-0.2, -0.15) is 0 Å². The van der Waals surface area contributed by atoms with E-state index in [1.54, 1.807) is 19.4 Å². The lowest BCUT2D eigenvalue weighted by molar-refractivity contribution is 0.415. The highest BCUT2D eigenvalue weighted by molar-refractivity contribution is 5.63. The van der Waals surface area contributed by atoms with Gasteiger partial charge in [0.15, 0.2) is 0 Å². The van der Waals surface area contributed by atoms with E-state index in [1.165, 1.54) is 0 Å². The number of hydrogen-bond donors (Lipinski definition) is 1. The molecule has 2 N–H and O–H groups in total. The number of ether oxygens (including phenoxy) is 1. The molecule has 1 heterocycles. The van der Waals surface area contributed by atoms with Crippen LogP contribution in [0.25, 0.3) is 0 Å². The lowest BCUT2D eigenvalue weighted by Crippen LogP contribution is -2.11. The number of anilines is 3. The molecule has 1 aromatic carbocycles. The van der Waals surface area contributed by atoms with Gasteiger partial charge in [0.25, 0.3) is 0 Å². The fourth-order valence-electron chi connectivity index (χ4n) is 1.57. The van der Waals surface area contributed by atoms with Gasteiger partial charge < -0.3 is 15.4 Å². The van der Waals surface area contributed by atoms with Crippen LogP contribution >= 0.6 is 0 Å². The number of pyridine rings is 1. The van der Waals surface area contributed by atoms with Crippen molar-refractivity contribution in [3.63, 3.8) is 0 Å². The number of nitrogen functional groups attached to an aromatic ring is 1. The van der Waals surface area contributed by atoms with E-state index in [0.29, 0.717) is 5.69 Å². The van der Waals surface area contributed by atoms with Gasteiger partial charge in [-0.3, -0.25) is 0 Å². The Bertz CT molecular complexity index is 514. The molecule has 0 aliphatic heterocycles. The number of rotatable bonds is 3. The third-order valence-electron chi connectivity index (χ3n) is 2.55. The first-order chi connectivity index (χ1) is 8.20. The summed E-state index contributed by atoms with van der Waals surface area (Å²) in [4.78, 5) is 6.23. The number of nitrogens with two attached hydrogens (primary N) is 1. The minimum atomic E-state index is 0.699. The molecule has 0 saturated carbocycles. The van der Waals surface area contributed by atoms with Crippen molar-refractivity contribution in [3.8, 4) is 5.75 Å². The molecule has 0 saturated heterocycles. The summed E-state index contributed by atoms with van der Waals surface area (Å²) < 4.78 is 5.19. The van der Waals surface area contributed by atoms with Crippen molar-refractivity contribution < 1.29 is 4.74 Å². The van der Waals surface area contributed by atoms with Crippen LogP contribution in [0, 0.1) is 0 Å². The summed E-state index contributed by atoms with van der Waals surface area (Å²) >= 11 is 0. The van der Waals surface area contributed by atoms with Crippen LogP contribution in [-0.2, 0) is 0 Å². The first-order valence-electron chi connectivity index (χ1n) is 5.30. The fourth-order valence-corrected chi connectivity index (χ4v) is 1.57. The topological polar surface area (TPSA) is 51.4 Å². The first kappa shape index (κ1) is 11.3. The average molecular weight is 229 g/mol. The van der Waals surface area contributed by atoms with Crippen molar-refractivity contribution in [2.24, 2.45) is 0 Å². The first-order valence-corrected chi connectivity index (χ1v) is 5.30. The molecular formula is C13H15N3O. The van der Waals surface area contributed by atoms with Crippen molar-refractivity contribution in [1.82, 2.24) is 4.98 Å². The van der Waals surface area contributed by atoms with Crippen LogP contribution in [-0.4, -0.2) is 19.1 Å². The molecule has 4 heteroatoms. The lowest BCUT2D eigenvalue weighted by atomic mass is 10.2. The van der Waals surface area contributed by atoms with Gasteiger partial charge in [0, 0.05) is 36.8 Å². The molecule has 0 amide bonds. The largest absolute Gasteiger partial charge is 0.497 e. The van der Waals surface area contributed by atoms with Crippen molar-refractivity contribution in [3.05, 3.63) is 42.6 Å². The van der Waals surface area contributed by atoms with Crippen LogP contribution < -0.4 is 15.4 Å². The summed E-state index contributed by atoms with van der Waals surface area (Å²) in [6.45, 7) is 0. The van der Waals surface area contributed by atoms with Crippen LogP contribution in [0.4, 0.5) is 17.2 Å². The van der Waals surface area contributed by atoms with Crippen molar-refractivity contribution >= 4 is 17.2 Å². The maximum absolute atomic E-state index is 5.74. The highest BCUT2D eigenvalue weighted by Crippen LogP contribution is 2.25. The highest BCUT2D eigenvalue weighted by Gasteiger charge is 2.06. The van der Waals surface area contributed by atoms with Gasteiger partial charge in [0.1, 0.15) is 11.6 Å². The molecule has 0 atom stereocenters. The summed E-state index contributed by atoms with van der Waals surface area (Å²) in [6, 6.07) is 11.4. The molecule has 17 heavy (non-hydrogen) atoms. The van der Waals surface area contributed by atoms with Crippen molar-refractivity contribution in [2.45, 2.75) is 0 Å². The molecule has 88 valence electrons. The molecular weight excluding hydrogens is 214 g/mol. The van der Waals surface area contributed by atoms with E-state index < -0.39 is 0 Å². The van der Waals surface area contributed by atoms with Crippen molar-refractivity contribution in [2.75, 3.05) is 24.8 Å². The molecule has 0 fully saturated rings. The molecule has 2 aromatic rings. The standard InChI is InChI=1S/C13H15N3O/c1-16(13-8-10(14)6-7-15-13)11-4-3-5-12(9-11)17-2/h3-9H,1-2H3,(H2,14,15). The SMILES string of the molecule is COc1cccc(N(C)c2cc(N)ccn2)c1. The Kier molecular flexibility index (Phi) is 3.14. The Morgan fingerprint density at radius 1 is 1.24 bits per heavy atom. The second-order valence-electron chi connectivity index (χ2n) is 3.71. The van der Waals surface area contributed by atoms with Gasteiger partial charge in [-0.05, 0) is 18.2 Å². The smallest absolute Gasteiger partial charge is 0.134 e. The second kappa shape index (κ2) is 4.74. The molecule has 0 spiro atoms. The Labute approximate surface area is 101 Å². The van der Waals surface area contributed by atoms with Crippen LogP contribution in [0.2, 0.25) is 0 Å². The predicted octanol–water partition coefficient (Wildman–Crippen LogP) is 2.44. The number of methoxy groups -OCH3 is 1. The van der Waals surface area contributed by atoms with Gasteiger partial charge in [0.05, 0.1) is 7.11 Å². The summed E-state index contributed by atoms with van der Waals surface area (Å²) in [5, 5.41) is 0. The Balaban J connectivity index is 2.33. The Morgan fingerprint density at radius 3 is 2.76 bits per heavy atom. The van der Waals surface area contributed by atoms with Gasteiger partial charge in [-0.1, -0.05) is 6.07 Å². The molecule has 0 aliphatic rings. The highest BCUT2D eigenvalue weighted by atomic mass is 16.5. The number of hydrogen-bond acceptors (Lipinski definition) is 4. The van der Waals surface area contributed by atoms with E-state index >= 15 is 0 Å². The maximum Gasteiger partial charge on any atom is 0.134 e. The van der Waals surface area contributed by atoms with E-state index in [0.717, 1.165) is 17.3 Å². The average Bonchev–Trinajstić information content (AvgIpc) is 2.38. The number of aromatic nitrogens is 1. The number of nitrogens with zero attached hydrogens (tertiary/aromatic N) is 2. The van der Waals surface area contributed by atoms with Gasteiger partial charge in [-0.15, -0.1) is 0 Å². The quantitative estimate of drug-likeness (QED) is 0.878. The molecule has 0 unspecified atom stereocenters. The minimum absolute atomic E-state index is 0.699. The third kappa shape index (κ3) is 2.47. The van der Waals surface area contributed by atoms with Crippen LogP contribution in [0.5, 0.6) is 5.75 Å². The lowest BCUT2D eigenvalue weighted by Gasteiger charge is -2.19. The van der Waals surface area contributed by atoms with Gasteiger partial charge in [-0.25, -0.2) is 4.98 Å². The predicted molar refractivity (Wildman–Crippen MR) is 69.7 cm³/mol. The molecule has 2 rings (SSSR count). The minimum Gasteiger partial charge on any atom is -0.497 e. The van der Waals surface area contributed by atoms with E-state index in [1.807, 2.05) is 42.3 Å². The zero-order valence-corrected chi connectivity index (χ0v) is 9.92. The molecule has 0 bridgehead atoms. The number of benzene rings is 1. The van der Waals surface area contributed by atoms with E-state index in [-0.39, 0.29) is 0 Å².